The lowest BCUT2D eigenvalue weighted by atomic mass is 9.94. The van der Waals surface area contributed by atoms with E-state index in [2.05, 4.69) is 67.6 Å². The zero-order valence-electron chi connectivity index (χ0n) is 39.7. The van der Waals surface area contributed by atoms with Gasteiger partial charge < -0.3 is 9.47 Å². The Labute approximate surface area is 392 Å². The topological polar surface area (TPSA) is 44.2 Å². The fraction of sp³-hybridized carbons (Fsp3) is 0.630. The summed E-state index contributed by atoms with van der Waals surface area (Å²) in [6.07, 6.45) is 30.2. The molecule has 0 aliphatic rings. The number of rotatable bonds is 33. The number of nitrogens with zero attached hydrogens (tertiary/aromatic N) is 2. The van der Waals surface area contributed by atoms with Crippen LogP contribution in [0.2, 0.25) is 0 Å². The van der Waals surface area contributed by atoms with Crippen LogP contribution in [0.3, 0.4) is 0 Å². The standard InChI is InChI=1S/C54H78F2N2O2S3/c1-7-11-15-19-21-25-29-41(27-23-17-13-9-3)37-59-45-36-44(48-33-34-49(62-48)50-52(56)51(55)40(6)53-54(50)58-63-57-53)46(35-43(45)47-32-31-39(5)61-47)60-38-42(28-24-18-14-10-4)30-26-22-20-16-12-8-2/h31-36,41-42H,7-30,37-38H2,1-6H3. The van der Waals surface area contributed by atoms with Crippen molar-refractivity contribution in [3.05, 3.63) is 58.5 Å². The van der Waals surface area contributed by atoms with Crippen molar-refractivity contribution in [2.24, 2.45) is 11.8 Å². The molecular formula is C54H78F2N2O2S3. The van der Waals surface area contributed by atoms with Gasteiger partial charge in [-0.1, -0.05) is 156 Å². The van der Waals surface area contributed by atoms with Crippen molar-refractivity contribution in [3.63, 3.8) is 0 Å². The van der Waals surface area contributed by atoms with Gasteiger partial charge in [0.1, 0.15) is 22.5 Å². The number of halogens is 2. The number of ether oxygens (including phenoxy) is 2. The van der Waals surface area contributed by atoms with Crippen LogP contribution in [0.1, 0.15) is 192 Å². The second kappa shape index (κ2) is 28.2. The molecule has 0 aliphatic carbocycles. The smallest absolute Gasteiger partial charge is 0.170 e. The molecule has 0 saturated carbocycles. The molecule has 0 aliphatic heterocycles. The first-order valence-electron chi connectivity index (χ1n) is 25.0. The van der Waals surface area contributed by atoms with Crippen LogP contribution in [0, 0.1) is 37.3 Å². The SMILES string of the molecule is CCCCCCCCC(CCCCCC)COc1cc(-c2ccc(-c3c(F)c(F)c(C)c4nsnc34)s2)c(OCC(CCCCCC)CCCCCCCC)cc1-c1ccc(C)s1. The van der Waals surface area contributed by atoms with E-state index in [0.717, 1.165) is 39.2 Å². The third-order valence-corrected chi connectivity index (χ3v) is 15.5. The van der Waals surface area contributed by atoms with Gasteiger partial charge in [-0.3, -0.25) is 0 Å². The molecule has 0 spiro atoms. The molecule has 4 nitrogen and oxygen atoms in total. The minimum Gasteiger partial charge on any atom is -0.493 e. The van der Waals surface area contributed by atoms with E-state index in [1.807, 2.05) is 12.1 Å². The number of thiophene rings is 2. The van der Waals surface area contributed by atoms with E-state index in [9.17, 15) is 0 Å². The van der Waals surface area contributed by atoms with Crippen LogP contribution in [0.15, 0.2) is 36.4 Å². The van der Waals surface area contributed by atoms with Crippen molar-refractivity contribution < 1.29 is 18.3 Å². The third kappa shape index (κ3) is 15.6. The van der Waals surface area contributed by atoms with Gasteiger partial charge in [0.15, 0.2) is 11.6 Å². The summed E-state index contributed by atoms with van der Waals surface area (Å²) in [5.41, 5.74) is 3.18. The van der Waals surface area contributed by atoms with Crippen LogP contribution in [-0.4, -0.2) is 22.0 Å². The van der Waals surface area contributed by atoms with Gasteiger partial charge >= 0.3 is 0 Å². The Morgan fingerprint density at radius 2 is 0.905 bits per heavy atom. The summed E-state index contributed by atoms with van der Waals surface area (Å²) in [6.45, 7) is 14.2. The lowest BCUT2D eigenvalue weighted by molar-refractivity contribution is 0.220. The molecule has 2 atom stereocenters. The molecule has 348 valence electrons. The van der Waals surface area contributed by atoms with Gasteiger partial charge in [0.25, 0.3) is 0 Å². The van der Waals surface area contributed by atoms with Crippen molar-refractivity contribution in [3.8, 4) is 42.8 Å². The largest absolute Gasteiger partial charge is 0.493 e. The highest BCUT2D eigenvalue weighted by atomic mass is 32.1. The third-order valence-electron chi connectivity index (χ3n) is 12.8. The van der Waals surface area contributed by atoms with E-state index in [1.54, 1.807) is 18.3 Å². The summed E-state index contributed by atoms with van der Waals surface area (Å²) in [4.78, 5) is 3.96. The molecule has 0 saturated heterocycles. The van der Waals surface area contributed by atoms with Gasteiger partial charge in [-0.25, -0.2) is 8.78 Å². The van der Waals surface area contributed by atoms with Crippen molar-refractivity contribution in [2.75, 3.05) is 13.2 Å². The van der Waals surface area contributed by atoms with Crippen LogP contribution < -0.4 is 9.47 Å². The normalized spacial score (nSPS) is 12.7. The summed E-state index contributed by atoms with van der Waals surface area (Å²) >= 11 is 4.22. The number of hydrogen-bond donors (Lipinski definition) is 0. The molecule has 3 heterocycles. The fourth-order valence-corrected chi connectivity index (χ4v) is 11.4. The van der Waals surface area contributed by atoms with E-state index in [1.165, 1.54) is 175 Å². The zero-order valence-corrected chi connectivity index (χ0v) is 42.1. The van der Waals surface area contributed by atoms with E-state index in [0.29, 0.717) is 41.0 Å². The number of aromatic nitrogens is 2. The van der Waals surface area contributed by atoms with Crippen molar-refractivity contribution in [1.82, 2.24) is 8.75 Å². The predicted octanol–water partition coefficient (Wildman–Crippen LogP) is 19.1. The minimum absolute atomic E-state index is 0.175. The average molecular weight is 921 g/mol. The van der Waals surface area contributed by atoms with Crippen LogP contribution in [-0.2, 0) is 0 Å². The first kappa shape index (κ1) is 51.1. The first-order valence-corrected chi connectivity index (χ1v) is 27.4. The molecule has 2 unspecified atom stereocenters. The summed E-state index contributed by atoms with van der Waals surface area (Å²) < 4.78 is 54.1. The van der Waals surface area contributed by atoms with Crippen LogP contribution in [0.5, 0.6) is 11.5 Å². The highest BCUT2D eigenvalue weighted by Gasteiger charge is 2.25. The predicted molar refractivity (Wildman–Crippen MR) is 270 cm³/mol. The molecule has 9 heteroatoms. The van der Waals surface area contributed by atoms with E-state index < -0.39 is 11.6 Å². The molecule has 0 radical (unpaired) electrons. The molecule has 63 heavy (non-hydrogen) atoms. The Bertz CT molecular complexity index is 2050. The van der Waals surface area contributed by atoms with Crippen LogP contribution in [0.25, 0.3) is 42.4 Å². The molecule has 3 aromatic heterocycles. The maximum atomic E-state index is 15.9. The number of hydrogen-bond acceptors (Lipinski definition) is 7. The minimum atomic E-state index is -0.874. The number of benzene rings is 2. The van der Waals surface area contributed by atoms with Crippen LogP contribution >= 0.6 is 34.4 Å². The van der Waals surface area contributed by atoms with Crippen molar-refractivity contribution >= 4 is 45.4 Å². The Morgan fingerprint density at radius 1 is 0.492 bits per heavy atom. The molecule has 0 bridgehead atoms. The maximum Gasteiger partial charge on any atom is 0.170 e. The molecule has 5 rings (SSSR count). The molecule has 2 aromatic carbocycles. The fourth-order valence-electron chi connectivity index (χ4n) is 8.87. The quantitative estimate of drug-likeness (QED) is 0.0393. The molecule has 0 fully saturated rings. The summed E-state index contributed by atoms with van der Waals surface area (Å²) in [5, 5.41) is 0. The molecular weight excluding hydrogens is 843 g/mol. The Hall–Kier alpha value is -2.88. The zero-order chi connectivity index (χ0) is 44.8. The second-order valence-electron chi connectivity index (χ2n) is 18.2. The Morgan fingerprint density at radius 3 is 1.38 bits per heavy atom. The van der Waals surface area contributed by atoms with Gasteiger partial charge in [-0.2, -0.15) is 8.75 Å². The lowest BCUT2D eigenvalue weighted by Crippen LogP contribution is -2.14. The summed E-state index contributed by atoms with van der Waals surface area (Å²) in [7, 11) is 0. The van der Waals surface area contributed by atoms with Gasteiger partial charge in [0.05, 0.1) is 30.5 Å². The first-order chi connectivity index (χ1) is 30.8. The number of aryl methyl sites for hydroxylation is 2. The number of unbranched alkanes of at least 4 members (excludes halogenated alkanes) is 16. The molecule has 0 amide bonds. The summed E-state index contributed by atoms with van der Waals surface area (Å²) in [5.74, 6) is 0.892. The monoisotopic (exact) mass is 921 g/mol. The second-order valence-corrected chi connectivity index (χ2v) is 21.1. The van der Waals surface area contributed by atoms with Gasteiger partial charge in [0, 0.05) is 36.2 Å². The van der Waals surface area contributed by atoms with Gasteiger partial charge in [-0.05, 0) is 87.8 Å². The average Bonchev–Trinajstić information content (AvgIpc) is 4.08. The lowest BCUT2D eigenvalue weighted by Gasteiger charge is -2.22. The van der Waals surface area contributed by atoms with Gasteiger partial charge in [0.2, 0.25) is 0 Å². The highest BCUT2D eigenvalue weighted by Crippen LogP contribution is 2.47. The van der Waals surface area contributed by atoms with Gasteiger partial charge in [-0.15, -0.1) is 22.7 Å². The highest BCUT2D eigenvalue weighted by molar-refractivity contribution is 7.19. The van der Waals surface area contributed by atoms with Crippen molar-refractivity contribution in [1.29, 1.82) is 0 Å². The van der Waals surface area contributed by atoms with Crippen molar-refractivity contribution in [2.45, 2.75) is 196 Å². The van der Waals surface area contributed by atoms with E-state index >= 15 is 8.78 Å². The Balaban J connectivity index is 1.52. The van der Waals surface area contributed by atoms with E-state index in [4.69, 9.17) is 9.47 Å². The Kier molecular flexibility index (Phi) is 22.9. The summed E-state index contributed by atoms with van der Waals surface area (Å²) in [6, 6.07) is 12.7. The number of fused-ring (bicyclic) bond motifs is 1. The maximum absolute atomic E-state index is 15.9. The molecule has 0 N–H and O–H groups in total. The molecule has 5 aromatic rings. The van der Waals surface area contributed by atoms with E-state index in [-0.39, 0.29) is 11.1 Å². The van der Waals surface area contributed by atoms with Crippen LogP contribution in [0.4, 0.5) is 8.78 Å².